The van der Waals surface area contributed by atoms with Gasteiger partial charge in [0, 0.05) is 24.9 Å². The van der Waals surface area contributed by atoms with Crippen molar-refractivity contribution in [3.05, 3.63) is 0 Å². The van der Waals surface area contributed by atoms with Gasteiger partial charge in [-0.2, -0.15) is 0 Å². The number of likely N-dealkylation sites (tertiary alicyclic amines) is 1. The van der Waals surface area contributed by atoms with Crippen LogP contribution in [-0.4, -0.2) is 45.8 Å². The van der Waals surface area contributed by atoms with Crippen molar-refractivity contribution >= 4 is 5.91 Å². The molecule has 3 rings (SSSR count). The molecule has 3 fully saturated rings. The highest BCUT2D eigenvalue weighted by Crippen LogP contribution is 2.37. The Morgan fingerprint density at radius 1 is 1.11 bits per heavy atom. The van der Waals surface area contributed by atoms with Gasteiger partial charge < -0.3 is 15.1 Å². The average Bonchev–Trinajstić information content (AvgIpc) is 2.75. The molecule has 1 amide bonds. The van der Waals surface area contributed by atoms with Gasteiger partial charge in [0.25, 0.3) is 0 Å². The highest BCUT2D eigenvalue weighted by Gasteiger charge is 2.41. The third-order valence-corrected chi connectivity index (χ3v) is 5.39. The Bertz CT molecular complexity index is 337. The molecule has 0 aromatic rings. The Morgan fingerprint density at radius 2 is 1.68 bits per heavy atom. The molecule has 19 heavy (non-hydrogen) atoms. The summed E-state index contributed by atoms with van der Waals surface area (Å²) >= 11 is 0. The summed E-state index contributed by atoms with van der Waals surface area (Å²) in [7, 11) is 0. The zero-order valence-corrected chi connectivity index (χ0v) is 11.6. The van der Waals surface area contributed by atoms with E-state index < -0.39 is 5.60 Å². The van der Waals surface area contributed by atoms with Crippen LogP contribution in [0.2, 0.25) is 0 Å². The topological polar surface area (TPSA) is 60.8 Å². The van der Waals surface area contributed by atoms with E-state index in [1.807, 2.05) is 4.90 Å². The monoisotopic (exact) mass is 267 g/mol. The van der Waals surface area contributed by atoms with Crippen molar-refractivity contribution in [3.63, 3.8) is 0 Å². The summed E-state index contributed by atoms with van der Waals surface area (Å²) in [6.45, 7) is 1.37. The van der Waals surface area contributed by atoms with E-state index in [-0.39, 0.29) is 30.3 Å². The van der Waals surface area contributed by atoms with Crippen molar-refractivity contribution in [2.24, 2.45) is 11.8 Å². The number of rotatable bonds is 2. The number of aliphatic hydroxyl groups excluding tert-OH is 1. The lowest BCUT2D eigenvalue weighted by Crippen LogP contribution is -2.54. The number of amides is 1. The lowest BCUT2D eigenvalue weighted by Gasteiger charge is -2.45. The van der Waals surface area contributed by atoms with Gasteiger partial charge in [-0.25, -0.2) is 0 Å². The minimum absolute atomic E-state index is 0.0909. The number of hydrogen-bond donors (Lipinski definition) is 2. The van der Waals surface area contributed by atoms with Gasteiger partial charge in [0.1, 0.15) is 0 Å². The number of aliphatic hydroxyl groups is 2. The summed E-state index contributed by atoms with van der Waals surface area (Å²) in [6, 6.07) is 0. The van der Waals surface area contributed by atoms with E-state index in [9.17, 15) is 15.0 Å². The number of carbonyl (C=O) groups excluding carboxylic acids is 1. The summed E-state index contributed by atoms with van der Waals surface area (Å²) in [4.78, 5) is 14.3. The van der Waals surface area contributed by atoms with Crippen LogP contribution < -0.4 is 0 Å². The van der Waals surface area contributed by atoms with Gasteiger partial charge in [0.05, 0.1) is 18.1 Å². The van der Waals surface area contributed by atoms with Crippen LogP contribution in [0.15, 0.2) is 0 Å². The van der Waals surface area contributed by atoms with Crippen molar-refractivity contribution in [2.75, 3.05) is 13.1 Å². The SMILES string of the molecule is O=C(CC1(O)CCCC1)N1CC2CCCC(C1)C2O. The lowest BCUT2D eigenvalue weighted by molar-refractivity contribution is -0.144. The molecule has 2 unspecified atom stereocenters. The molecule has 3 aliphatic rings. The quantitative estimate of drug-likeness (QED) is 0.793. The van der Waals surface area contributed by atoms with Gasteiger partial charge in [-0.15, -0.1) is 0 Å². The number of hydrogen-bond acceptors (Lipinski definition) is 3. The Balaban J connectivity index is 1.61. The molecule has 2 saturated carbocycles. The molecule has 0 spiro atoms. The summed E-state index contributed by atoms with van der Waals surface area (Å²) < 4.78 is 0. The van der Waals surface area contributed by atoms with E-state index in [4.69, 9.17) is 0 Å². The van der Waals surface area contributed by atoms with Crippen LogP contribution in [0.3, 0.4) is 0 Å². The highest BCUT2D eigenvalue weighted by molar-refractivity contribution is 5.77. The molecule has 1 heterocycles. The maximum Gasteiger partial charge on any atom is 0.225 e. The molecular weight excluding hydrogens is 242 g/mol. The Morgan fingerprint density at radius 3 is 2.26 bits per heavy atom. The highest BCUT2D eigenvalue weighted by atomic mass is 16.3. The summed E-state index contributed by atoms with van der Waals surface area (Å²) in [5, 5.41) is 20.5. The number of piperidine rings is 1. The summed E-state index contributed by atoms with van der Waals surface area (Å²) in [6.07, 6.45) is 6.91. The van der Waals surface area contributed by atoms with Crippen LogP contribution in [0.25, 0.3) is 0 Å². The smallest absolute Gasteiger partial charge is 0.225 e. The third kappa shape index (κ3) is 2.65. The lowest BCUT2D eigenvalue weighted by atomic mass is 9.75. The Labute approximate surface area is 114 Å². The second-order valence-electron chi connectivity index (χ2n) is 6.85. The van der Waals surface area contributed by atoms with Gasteiger partial charge in [-0.1, -0.05) is 19.3 Å². The first kappa shape index (κ1) is 13.4. The molecule has 2 bridgehead atoms. The molecule has 0 radical (unpaired) electrons. The van der Waals surface area contributed by atoms with Gasteiger partial charge in [-0.3, -0.25) is 4.79 Å². The minimum Gasteiger partial charge on any atom is -0.392 e. The predicted octanol–water partition coefficient (Wildman–Crippen LogP) is 1.30. The van der Waals surface area contributed by atoms with Gasteiger partial charge in [-0.05, 0) is 25.7 Å². The van der Waals surface area contributed by atoms with E-state index in [0.29, 0.717) is 13.1 Å². The van der Waals surface area contributed by atoms with Gasteiger partial charge >= 0.3 is 0 Å². The largest absolute Gasteiger partial charge is 0.392 e. The van der Waals surface area contributed by atoms with Crippen LogP contribution in [0.1, 0.15) is 51.4 Å². The Kier molecular flexibility index (Phi) is 3.56. The number of nitrogens with zero attached hydrogens (tertiary/aromatic N) is 1. The molecule has 1 saturated heterocycles. The first-order chi connectivity index (χ1) is 9.07. The van der Waals surface area contributed by atoms with Gasteiger partial charge in [0.2, 0.25) is 5.91 Å². The average molecular weight is 267 g/mol. The van der Waals surface area contributed by atoms with Crippen LogP contribution >= 0.6 is 0 Å². The second kappa shape index (κ2) is 5.06. The first-order valence-corrected chi connectivity index (χ1v) is 7.76. The van der Waals surface area contributed by atoms with Crippen LogP contribution in [0.5, 0.6) is 0 Å². The van der Waals surface area contributed by atoms with Crippen molar-refractivity contribution in [1.82, 2.24) is 4.90 Å². The minimum atomic E-state index is -0.748. The number of carbonyl (C=O) groups is 1. The van der Waals surface area contributed by atoms with Crippen molar-refractivity contribution in [1.29, 1.82) is 0 Å². The van der Waals surface area contributed by atoms with E-state index >= 15 is 0 Å². The van der Waals surface area contributed by atoms with E-state index in [2.05, 4.69) is 0 Å². The van der Waals surface area contributed by atoms with Crippen LogP contribution in [0.4, 0.5) is 0 Å². The first-order valence-electron chi connectivity index (χ1n) is 7.76. The van der Waals surface area contributed by atoms with Crippen molar-refractivity contribution in [3.8, 4) is 0 Å². The molecule has 1 aliphatic heterocycles. The fraction of sp³-hybridized carbons (Fsp3) is 0.933. The third-order valence-electron chi connectivity index (χ3n) is 5.39. The fourth-order valence-corrected chi connectivity index (χ4v) is 4.21. The summed E-state index contributed by atoms with van der Waals surface area (Å²) in [5.41, 5.74) is -0.748. The van der Waals surface area contributed by atoms with E-state index in [0.717, 1.165) is 38.5 Å². The molecule has 0 aromatic heterocycles. The van der Waals surface area contributed by atoms with Crippen molar-refractivity contribution < 1.29 is 15.0 Å². The fourth-order valence-electron chi connectivity index (χ4n) is 4.21. The maximum absolute atomic E-state index is 12.4. The summed E-state index contributed by atoms with van der Waals surface area (Å²) in [5.74, 6) is 0.609. The molecule has 0 aromatic carbocycles. The molecular formula is C15H25NO3. The number of fused-ring (bicyclic) bond motifs is 2. The molecule has 2 aliphatic carbocycles. The van der Waals surface area contributed by atoms with Gasteiger partial charge in [0.15, 0.2) is 0 Å². The molecule has 4 nitrogen and oxygen atoms in total. The van der Waals surface area contributed by atoms with E-state index in [1.54, 1.807) is 0 Å². The molecule has 2 N–H and O–H groups in total. The second-order valence-corrected chi connectivity index (χ2v) is 6.85. The maximum atomic E-state index is 12.4. The zero-order chi connectivity index (χ0) is 13.5. The Hall–Kier alpha value is -0.610. The van der Waals surface area contributed by atoms with Crippen molar-refractivity contribution in [2.45, 2.75) is 63.1 Å². The van der Waals surface area contributed by atoms with E-state index in [1.165, 1.54) is 6.42 Å². The predicted molar refractivity (Wildman–Crippen MR) is 71.5 cm³/mol. The normalized spacial score (nSPS) is 37.4. The molecule has 108 valence electrons. The van der Waals surface area contributed by atoms with Crippen LogP contribution in [0, 0.1) is 11.8 Å². The molecule has 4 heteroatoms. The van der Waals surface area contributed by atoms with Crippen LogP contribution in [-0.2, 0) is 4.79 Å². The molecule has 2 atom stereocenters. The zero-order valence-electron chi connectivity index (χ0n) is 11.6. The standard InChI is InChI=1S/C15H25NO3/c17-13(8-15(19)6-1-2-7-15)16-9-11-4-3-5-12(10-16)14(11)18/h11-12,14,18-19H,1-10H2.